The van der Waals surface area contributed by atoms with Gasteiger partial charge >= 0.3 is 0 Å². The van der Waals surface area contributed by atoms with Gasteiger partial charge in [0, 0.05) is 6.54 Å². The van der Waals surface area contributed by atoms with Gasteiger partial charge in [0.1, 0.15) is 17.3 Å². The van der Waals surface area contributed by atoms with E-state index in [1.165, 1.54) is 34.6 Å². The van der Waals surface area contributed by atoms with Crippen molar-refractivity contribution in [2.75, 3.05) is 6.54 Å². The van der Waals surface area contributed by atoms with Crippen molar-refractivity contribution >= 4 is 28.3 Å². The number of aromatic nitrogens is 3. The van der Waals surface area contributed by atoms with Crippen molar-refractivity contribution in [2.24, 2.45) is 5.92 Å². The van der Waals surface area contributed by atoms with Crippen LogP contribution in [0, 0.1) is 32.5 Å². The molecule has 0 saturated carbocycles. The highest BCUT2D eigenvalue weighted by atomic mass is 32.1. The molecule has 1 amide bonds. The number of carbonyl (C=O) groups excluding carboxylic acids is 1. The van der Waals surface area contributed by atoms with Crippen LogP contribution >= 0.6 is 11.3 Å². The SMILES string of the molecule is Cc1nc(C(=O)N2CC[C@H](C)[C@H]2c2nc3cc(C)c(C)cc3[nH]2)c(-c2ccc(F)cc2)s1. The van der Waals surface area contributed by atoms with Crippen LogP contribution in [0.4, 0.5) is 4.39 Å². The predicted octanol–water partition coefficient (Wildman–Crippen LogP) is 5.97. The number of nitrogens with one attached hydrogen (secondary N) is 1. The third-order valence-corrected chi connectivity index (χ3v) is 7.42. The summed E-state index contributed by atoms with van der Waals surface area (Å²) < 4.78 is 13.4. The Hall–Kier alpha value is -3.06. The topological polar surface area (TPSA) is 61.9 Å². The summed E-state index contributed by atoms with van der Waals surface area (Å²) in [6.07, 6.45) is 0.903. The van der Waals surface area contributed by atoms with Gasteiger partial charge in [0.05, 0.1) is 27.0 Å². The van der Waals surface area contributed by atoms with Crippen LogP contribution in [0.25, 0.3) is 21.5 Å². The molecule has 1 fully saturated rings. The van der Waals surface area contributed by atoms with Gasteiger partial charge in [-0.15, -0.1) is 11.3 Å². The molecule has 0 unspecified atom stereocenters. The highest BCUT2D eigenvalue weighted by molar-refractivity contribution is 7.15. The molecule has 2 atom stereocenters. The van der Waals surface area contributed by atoms with Gasteiger partial charge < -0.3 is 9.88 Å². The molecule has 32 heavy (non-hydrogen) atoms. The number of halogens is 1. The Labute approximate surface area is 190 Å². The quantitative estimate of drug-likeness (QED) is 0.420. The van der Waals surface area contributed by atoms with Gasteiger partial charge in [-0.25, -0.2) is 14.4 Å². The number of rotatable bonds is 3. The maximum absolute atomic E-state index is 13.7. The van der Waals surface area contributed by atoms with Crippen molar-refractivity contribution in [3.63, 3.8) is 0 Å². The smallest absolute Gasteiger partial charge is 0.274 e. The summed E-state index contributed by atoms with van der Waals surface area (Å²) in [6, 6.07) is 10.3. The normalized spacial score (nSPS) is 18.6. The molecule has 1 aliphatic heterocycles. The van der Waals surface area contributed by atoms with E-state index in [1.807, 2.05) is 11.8 Å². The van der Waals surface area contributed by atoms with Crippen LogP contribution in [0.2, 0.25) is 0 Å². The van der Waals surface area contributed by atoms with E-state index in [0.29, 0.717) is 12.2 Å². The van der Waals surface area contributed by atoms with Gasteiger partial charge in [-0.1, -0.05) is 19.1 Å². The lowest BCUT2D eigenvalue weighted by Gasteiger charge is -2.25. The molecule has 7 heteroatoms. The van der Waals surface area contributed by atoms with Gasteiger partial charge in [-0.05, 0) is 74.1 Å². The number of aromatic amines is 1. The number of carbonyl (C=O) groups is 1. The van der Waals surface area contributed by atoms with E-state index in [2.05, 4.69) is 42.9 Å². The summed E-state index contributed by atoms with van der Waals surface area (Å²) in [5.41, 5.74) is 5.56. The molecule has 0 radical (unpaired) electrons. The molecular weight excluding hydrogens is 423 g/mol. The molecule has 5 nitrogen and oxygen atoms in total. The van der Waals surface area contributed by atoms with E-state index in [-0.39, 0.29) is 23.7 Å². The number of nitrogens with zero attached hydrogens (tertiary/aromatic N) is 3. The minimum atomic E-state index is -0.299. The Morgan fingerprint density at radius 1 is 1.12 bits per heavy atom. The van der Waals surface area contributed by atoms with Gasteiger partial charge in [0.25, 0.3) is 5.91 Å². The van der Waals surface area contributed by atoms with E-state index in [9.17, 15) is 9.18 Å². The summed E-state index contributed by atoms with van der Waals surface area (Å²) >= 11 is 1.46. The Morgan fingerprint density at radius 2 is 1.84 bits per heavy atom. The molecule has 1 saturated heterocycles. The fourth-order valence-electron chi connectivity index (χ4n) is 4.53. The lowest BCUT2D eigenvalue weighted by Crippen LogP contribution is -2.33. The van der Waals surface area contributed by atoms with E-state index in [0.717, 1.165) is 38.7 Å². The maximum atomic E-state index is 13.7. The van der Waals surface area contributed by atoms with Gasteiger partial charge in [-0.2, -0.15) is 0 Å². The lowest BCUT2D eigenvalue weighted by atomic mass is 10.0. The summed E-state index contributed by atoms with van der Waals surface area (Å²) in [5, 5.41) is 0.811. The van der Waals surface area contributed by atoms with E-state index in [1.54, 1.807) is 12.1 Å². The maximum Gasteiger partial charge on any atom is 0.274 e. The zero-order valence-corrected chi connectivity index (χ0v) is 19.4. The minimum absolute atomic E-state index is 0.101. The molecule has 5 rings (SSSR count). The van der Waals surface area contributed by atoms with Crippen molar-refractivity contribution in [3.8, 4) is 10.4 Å². The molecule has 164 valence electrons. The van der Waals surface area contributed by atoms with Gasteiger partial charge in [0.2, 0.25) is 0 Å². The molecule has 3 heterocycles. The number of benzene rings is 2. The fraction of sp³-hybridized carbons (Fsp3) is 0.320. The van der Waals surface area contributed by atoms with Crippen molar-refractivity contribution in [2.45, 2.75) is 40.2 Å². The second kappa shape index (κ2) is 7.81. The summed E-state index contributed by atoms with van der Waals surface area (Å²) in [4.78, 5) is 29.3. The molecule has 1 N–H and O–H groups in total. The molecule has 4 aromatic rings. The molecule has 2 aromatic carbocycles. The van der Waals surface area contributed by atoms with Gasteiger partial charge in [0.15, 0.2) is 0 Å². The van der Waals surface area contributed by atoms with Crippen LogP contribution in [-0.2, 0) is 0 Å². The first-order valence-electron chi connectivity index (χ1n) is 10.8. The van der Waals surface area contributed by atoms with Gasteiger partial charge in [-0.3, -0.25) is 4.79 Å². The molecular formula is C25H25FN4OS. The lowest BCUT2D eigenvalue weighted by molar-refractivity contribution is 0.0710. The van der Waals surface area contributed by atoms with Crippen molar-refractivity contribution in [1.82, 2.24) is 19.9 Å². The average Bonchev–Trinajstić information content (AvgIpc) is 3.45. The average molecular weight is 449 g/mol. The number of fused-ring (bicyclic) bond motifs is 1. The number of hydrogen-bond donors (Lipinski definition) is 1. The summed E-state index contributed by atoms with van der Waals surface area (Å²) in [6.45, 7) is 8.88. The monoisotopic (exact) mass is 448 g/mol. The highest BCUT2D eigenvalue weighted by Crippen LogP contribution is 2.39. The fourth-order valence-corrected chi connectivity index (χ4v) is 5.44. The predicted molar refractivity (Wildman–Crippen MR) is 125 cm³/mol. The first kappa shape index (κ1) is 20.8. The van der Waals surface area contributed by atoms with Crippen LogP contribution in [0.15, 0.2) is 36.4 Å². The summed E-state index contributed by atoms with van der Waals surface area (Å²) in [5.74, 6) is 0.692. The molecule has 2 aromatic heterocycles. The largest absolute Gasteiger partial charge is 0.340 e. The van der Waals surface area contributed by atoms with Crippen LogP contribution in [-0.4, -0.2) is 32.3 Å². The van der Waals surface area contributed by atoms with E-state index >= 15 is 0 Å². The molecule has 1 aliphatic rings. The zero-order chi connectivity index (χ0) is 22.6. The molecule has 0 bridgehead atoms. The second-order valence-electron chi connectivity index (χ2n) is 8.70. The minimum Gasteiger partial charge on any atom is -0.340 e. The van der Waals surface area contributed by atoms with Crippen LogP contribution < -0.4 is 0 Å². The third kappa shape index (κ3) is 3.50. The van der Waals surface area contributed by atoms with Crippen LogP contribution in [0.5, 0.6) is 0 Å². The van der Waals surface area contributed by atoms with Crippen LogP contribution in [0.1, 0.15) is 51.8 Å². The second-order valence-corrected chi connectivity index (χ2v) is 9.91. The van der Waals surface area contributed by atoms with Crippen molar-refractivity contribution < 1.29 is 9.18 Å². The Balaban J connectivity index is 1.53. The van der Waals surface area contributed by atoms with E-state index < -0.39 is 0 Å². The number of likely N-dealkylation sites (tertiary alicyclic amines) is 1. The standard InChI is InChI=1S/C25H25FN4OS/c1-13-9-10-30(22(13)24-28-19-11-14(2)15(3)12-20(19)29-24)25(31)21-23(32-16(4)27-21)17-5-7-18(26)8-6-17/h5-8,11-13,22H,9-10H2,1-4H3,(H,28,29)/t13-,22-/m0/s1. The van der Waals surface area contributed by atoms with Crippen molar-refractivity contribution in [1.29, 1.82) is 0 Å². The first-order valence-corrected chi connectivity index (χ1v) is 11.6. The number of imidazole rings is 1. The molecule has 0 aliphatic carbocycles. The first-order chi connectivity index (χ1) is 15.3. The Morgan fingerprint density at radius 3 is 2.59 bits per heavy atom. The van der Waals surface area contributed by atoms with E-state index in [4.69, 9.17) is 4.98 Å². The number of aryl methyl sites for hydroxylation is 3. The zero-order valence-electron chi connectivity index (χ0n) is 18.6. The van der Waals surface area contributed by atoms with Crippen molar-refractivity contribution in [3.05, 3.63) is 69.9 Å². The summed E-state index contributed by atoms with van der Waals surface area (Å²) in [7, 11) is 0. The Bertz CT molecular complexity index is 1280. The highest BCUT2D eigenvalue weighted by Gasteiger charge is 2.39. The van der Waals surface area contributed by atoms with Crippen LogP contribution in [0.3, 0.4) is 0 Å². The number of H-pyrrole nitrogens is 1. The Kier molecular flexibility index (Phi) is 5.08. The number of thiazole rings is 1. The third-order valence-electron chi connectivity index (χ3n) is 6.40. The molecule has 0 spiro atoms. The number of amides is 1. The number of hydrogen-bond acceptors (Lipinski definition) is 4.